The summed E-state index contributed by atoms with van der Waals surface area (Å²) in [6, 6.07) is 7.61. The Bertz CT molecular complexity index is 616. The molecule has 106 valence electrons. The van der Waals surface area contributed by atoms with Crippen LogP contribution < -0.4 is 5.32 Å². The van der Waals surface area contributed by atoms with E-state index in [0.717, 1.165) is 11.6 Å². The lowest BCUT2D eigenvalue weighted by Crippen LogP contribution is -2.17. The molecule has 2 rings (SSSR count). The molecule has 2 aromatic rings. The smallest absolute Gasteiger partial charge is 0.161 e. The predicted molar refractivity (Wildman–Crippen MR) is 70.9 cm³/mol. The Morgan fingerprint density at radius 2 is 1.70 bits per heavy atom. The van der Waals surface area contributed by atoms with E-state index in [9.17, 15) is 18.3 Å². The lowest BCUT2D eigenvalue weighted by molar-refractivity contribution is 0.273. The van der Waals surface area contributed by atoms with E-state index in [0.29, 0.717) is 11.8 Å². The summed E-state index contributed by atoms with van der Waals surface area (Å²) in [7, 11) is 0. The van der Waals surface area contributed by atoms with E-state index in [-0.39, 0.29) is 5.56 Å². The van der Waals surface area contributed by atoms with E-state index in [1.807, 2.05) is 19.1 Å². The molecule has 2 N–H and O–H groups in total. The maximum Gasteiger partial charge on any atom is 0.161 e. The van der Waals surface area contributed by atoms with Crippen LogP contribution in [-0.4, -0.2) is 11.7 Å². The average Bonchev–Trinajstić information content (AvgIpc) is 2.42. The monoisotopic (exact) mass is 281 g/mol. The third-order valence-corrected chi connectivity index (χ3v) is 3.07. The lowest BCUT2D eigenvalue weighted by atomic mass is 10.1. The highest BCUT2D eigenvalue weighted by Gasteiger charge is 2.18. The van der Waals surface area contributed by atoms with Crippen LogP contribution in [0.4, 0.5) is 18.9 Å². The van der Waals surface area contributed by atoms with Gasteiger partial charge in [0.25, 0.3) is 0 Å². The first-order valence-electron chi connectivity index (χ1n) is 6.10. The number of hydrogen-bond acceptors (Lipinski definition) is 2. The van der Waals surface area contributed by atoms with Crippen molar-refractivity contribution in [2.75, 3.05) is 11.9 Å². The molecule has 1 unspecified atom stereocenters. The fraction of sp³-hybridized carbons (Fsp3) is 0.200. The Morgan fingerprint density at radius 3 is 2.35 bits per heavy atom. The number of halogens is 3. The number of aryl methyl sites for hydroxylation is 1. The van der Waals surface area contributed by atoms with Gasteiger partial charge in [-0.15, -0.1) is 0 Å². The molecule has 0 radical (unpaired) electrons. The van der Waals surface area contributed by atoms with E-state index < -0.39 is 30.1 Å². The predicted octanol–water partition coefficient (Wildman–Crippen LogP) is 3.56. The average molecular weight is 281 g/mol. The molecule has 0 heterocycles. The summed E-state index contributed by atoms with van der Waals surface area (Å²) in [6.45, 7) is 1.40. The Morgan fingerprint density at radius 1 is 1.05 bits per heavy atom. The molecule has 20 heavy (non-hydrogen) atoms. The number of rotatable bonds is 4. The lowest BCUT2D eigenvalue weighted by Gasteiger charge is -2.20. The van der Waals surface area contributed by atoms with Gasteiger partial charge in [-0.3, -0.25) is 0 Å². The molecule has 0 amide bonds. The third kappa shape index (κ3) is 2.93. The van der Waals surface area contributed by atoms with Gasteiger partial charge in [-0.1, -0.05) is 18.2 Å². The maximum atomic E-state index is 13.7. The van der Waals surface area contributed by atoms with E-state index in [2.05, 4.69) is 5.32 Å². The molecule has 0 saturated carbocycles. The first-order chi connectivity index (χ1) is 9.52. The standard InChI is InChI=1S/C15H14F3NO/c1-9-4-2-3-5-14(9)19-15(8-20)10-6-12(17)13(18)7-11(10)16/h2-7,15,19-20H,8H2,1H3. The molecule has 5 heteroatoms. The molecule has 0 saturated heterocycles. The van der Waals surface area contributed by atoms with Gasteiger partial charge in [-0.25, -0.2) is 13.2 Å². The topological polar surface area (TPSA) is 32.3 Å². The van der Waals surface area contributed by atoms with Gasteiger partial charge >= 0.3 is 0 Å². The van der Waals surface area contributed by atoms with Crippen LogP contribution in [0.3, 0.4) is 0 Å². The number of anilines is 1. The quantitative estimate of drug-likeness (QED) is 0.840. The van der Waals surface area contributed by atoms with Gasteiger partial charge in [0.1, 0.15) is 5.82 Å². The molecule has 2 aromatic carbocycles. The minimum Gasteiger partial charge on any atom is -0.394 e. The van der Waals surface area contributed by atoms with Crippen LogP contribution in [-0.2, 0) is 0 Å². The van der Waals surface area contributed by atoms with Crippen LogP contribution in [0.1, 0.15) is 17.2 Å². The third-order valence-electron chi connectivity index (χ3n) is 3.07. The molecule has 0 aromatic heterocycles. The van der Waals surface area contributed by atoms with Crippen LogP contribution in [0.5, 0.6) is 0 Å². The molecular formula is C15H14F3NO. The van der Waals surface area contributed by atoms with Crippen molar-refractivity contribution in [3.8, 4) is 0 Å². The first kappa shape index (κ1) is 14.4. The Hall–Kier alpha value is -2.01. The number of nitrogens with one attached hydrogen (secondary N) is 1. The van der Waals surface area contributed by atoms with Crippen LogP contribution in [0.25, 0.3) is 0 Å². The van der Waals surface area contributed by atoms with Gasteiger partial charge in [0.15, 0.2) is 11.6 Å². The van der Waals surface area contributed by atoms with Crippen LogP contribution in [0, 0.1) is 24.4 Å². The highest BCUT2D eigenvalue weighted by atomic mass is 19.2. The number of hydrogen-bond donors (Lipinski definition) is 2. The van der Waals surface area contributed by atoms with Crippen molar-refractivity contribution in [3.63, 3.8) is 0 Å². The molecule has 0 aliphatic rings. The van der Waals surface area contributed by atoms with Crippen molar-refractivity contribution in [1.82, 2.24) is 0 Å². The second kappa shape index (κ2) is 5.96. The zero-order chi connectivity index (χ0) is 14.7. The molecule has 0 aliphatic heterocycles. The van der Waals surface area contributed by atoms with Gasteiger partial charge in [0, 0.05) is 17.3 Å². The molecular weight excluding hydrogens is 267 g/mol. The first-order valence-corrected chi connectivity index (χ1v) is 6.10. The largest absolute Gasteiger partial charge is 0.394 e. The van der Waals surface area contributed by atoms with Gasteiger partial charge in [-0.2, -0.15) is 0 Å². The summed E-state index contributed by atoms with van der Waals surface area (Å²) in [5, 5.41) is 12.3. The summed E-state index contributed by atoms with van der Waals surface area (Å²) in [6.07, 6.45) is 0. The number of para-hydroxylation sites is 1. The normalized spacial score (nSPS) is 12.2. The van der Waals surface area contributed by atoms with E-state index in [1.54, 1.807) is 12.1 Å². The molecule has 0 spiro atoms. The van der Waals surface area contributed by atoms with Crippen molar-refractivity contribution < 1.29 is 18.3 Å². The molecule has 1 atom stereocenters. The van der Waals surface area contributed by atoms with Crippen LogP contribution >= 0.6 is 0 Å². The van der Waals surface area contributed by atoms with Crippen molar-refractivity contribution in [2.45, 2.75) is 13.0 Å². The molecule has 0 bridgehead atoms. The number of aliphatic hydroxyl groups is 1. The second-order valence-electron chi connectivity index (χ2n) is 4.48. The zero-order valence-electron chi connectivity index (χ0n) is 10.8. The molecule has 0 aliphatic carbocycles. The van der Waals surface area contributed by atoms with E-state index >= 15 is 0 Å². The summed E-state index contributed by atoms with van der Waals surface area (Å²) in [5.74, 6) is -3.30. The van der Waals surface area contributed by atoms with Gasteiger partial charge < -0.3 is 10.4 Å². The van der Waals surface area contributed by atoms with E-state index in [1.165, 1.54) is 0 Å². The summed E-state index contributed by atoms with van der Waals surface area (Å²) in [5.41, 5.74) is 1.47. The summed E-state index contributed by atoms with van der Waals surface area (Å²) in [4.78, 5) is 0. The zero-order valence-corrected chi connectivity index (χ0v) is 10.8. The minimum absolute atomic E-state index is 0.116. The Kier molecular flexibility index (Phi) is 4.29. The van der Waals surface area contributed by atoms with Crippen molar-refractivity contribution in [2.24, 2.45) is 0 Å². The van der Waals surface area contributed by atoms with Gasteiger partial charge in [-0.05, 0) is 24.6 Å². The van der Waals surface area contributed by atoms with Crippen LogP contribution in [0.15, 0.2) is 36.4 Å². The van der Waals surface area contributed by atoms with Gasteiger partial charge in [0.2, 0.25) is 0 Å². The Balaban J connectivity index is 2.34. The van der Waals surface area contributed by atoms with Crippen molar-refractivity contribution >= 4 is 5.69 Å². The second-order valence-corrected chi connectivity index (χ2v) is 4.48. The molecule has 0 fully saturated rings. The number of aliphatic hydroxyl groups excluding tert-OH is 1. The fourth-order valence-corrected chi connectivity index (χ4v) is 1.95. The highest BCUT2D eigenvalue weighted by molar-refractivity contribution is 5.52. The van der Waals surface area contributed by atoms with Gasteiger partial charge in [0.05, 0.1) is 12.6 Å². The highest BCUT2D eigenvalue weighted by Crippen LogP contribution is 2.25. The summed E-state index contributed by atoms with van der Waals surface area (Å²) >= 11 is 0. The van der Waals surface area contributed by atoms with Crippen molar-refractivity contribution in [1.29, 1.82) is 0 Å². The fourth-order valence-electron chi connectivity index (χ4n) is 1.95. The SMILES string of the molecule is Cc1ccccc1NC(CO)c1cc(F)c(F)cc1F. The van der Waals surface area contributed by atoms with Crippen molar-refractivity contribution in [3.05, 3.63) is 65.0 Å². The maximum absolute atomic E-state index is 13.7. The molecule has 2 nitrogen and oxygen atoms in total. The number of benzene rings is 2. The van der Waals surface area contributed by atoms with Crippen LogP contribution in [0.2, 0.25) is 0 Å². The Labute approximate surface area is 114 Å². The van der Waals surface area contributed by atoms with E-state index in [4.69, 9.17) is 0 Å². The minimum atomic E-state index is -1.25. The summed E-state index contributed by atoms with van der Waals surface area (Å²) < 4.78 is 39.9.